The number of fused-ring (bicyclic) bond motifs is 1. The molecule has 6 heteroatoms. The Hall–Kier alpha value is -2.31. The summed E-state index contributed by atoms with van der Waals surface area (Å²) in [5, 5.41) is 0.978. The van der Waals surface area contributed by atoms with E-state index >= 15 is 0 Å². The van der Waals surface area contributed by atoms with Crippen LogP contribution in [0.1, 0.15) is 18.1 Å². The lowest BCUT2D eigenvalue weighted by Crippen LogP contribution is -2.23. The van der Waals surface area contributed by atoms with Gasteiger partial charge in [-0.3, -0.25) is 0 Å². The number of aromatic nitrogens is 1. The predicted molar refractivity (Wildman–Crippen MR) is 99.3 cm³/mol. The lowest BCUT2D eigenvalue weighted by molar-refractivity contribution is 0.415. The van der Waals surface area contributed by atoms with Crippen molar-refractivity contribution in [2.45, 2.75) is 24.8 Å². The van der Waals surface area contributed by atoms with Crippen molar-refractivity contribution in [3.8, 4) is 5.75 Å². The smallest absolute Gasteiger partial charge is 0.240 e. The van der Waals surface area contributed by atoms with Gasteiger partial charge in [0.25, 0.3) is 0 Å². The van der Waals surface area contributed by atoms with E-state index in [2.05, 4.69) is 4.72 Å². The molecule has 0 atom stereocenters. The van der Waals surface area contributed by atoms with E-state index in [1.807, 2.05) is 55.1 Å². The molecule has 1 aromatic heterocycles. The second-order valence-corrected chi connectivity index (χ2v) is 7.74. The minimum atomic E-state index is -3.55. The van der Waals surface area contributed by atoms with Crippen molar-refractivity contribution in [1.29, 1.82) is 0 Å². The van der Waals surface area contributed by atoms with Gasteiger partial charge in [0.05, 0.1) is 12.0 Å². The van der Waals surface area contributed by atoms with E-state index in [4.69, 9.17) is 4.74 Å². The Morgan fingerprint density at radius 3 is 2.48 bits per heavy atom. The Balaban J connectivity index is 1.86. The highest BCUT2D eigenvalue weighted by molar-refractivity contribution is 7.89. The van der Waals surface area contributed by atoms with Crippen molar-refractivity contribution >= 4 is 20.9 Å². The summed E-state index contributed by atoms with van der Waals surface area (Å²) < 4.78 is 35.0. The molecule has 132 valence electrons. The number of sulfonamides is 1. The third-order valence-corrected chi connectivity index (χ3v) is 5.79. The molecule has 3 aromatic rings. The molecule has 0 amide bonds. The summed E-state index contributed by atoms with van der Waals surface area (Å²) in [7, 11) is 0.00923. The minimum absolute atomic E-state index is 0.225. The Morgan fingerprint density at radius 2 is 1.84 bits per heavy atom. The van der Waals surface area contributed by atoms with Crippen LogP contribution in [0, 0.1) is 0 Å². The topological polar surface area (TPSA) is 60.3 Å². The van der Waals surface area contributed by atoms with Gasteiger partial charge in [0.2, 0.25) is 10.0 Å². The molecule has 0 unspecified atom stereocenters. The fraction of sp³-hybridized carbons (Fsp3) is 0.263. The first-order chi connectivity index (χ1) is 11.9. The van der Waals surface area contributed by atoms with Gasteiger partial charge in [-0.2, -0.15) is 0 Å². The largest absolute Gasteiger partial charge is 0.497 e. The molecule has 5 nitrogen and oxygen atoms in total. The van der Waals surface area contributed by atoms with Crippen LogP contribution in [-0.4, -0.2) is 20.1 Å². The zero-order valence-corrected chi connectivity index (χ0v) is 15.4. The molecular formula is C19H22N2O3S. The average Bonchev–Trinajstić information content (AvgIpc) is 2.95. The summed E-state index contributed by atoms with van der Waals surface area (Å²) in [5.41, 5.74) is 3.05. The number of aryl methyl sites for hydroxylation is 2. The number of nitrogens with one attached hydrogen (secondary N) is 1. The summed E-state index contributed by atoms with van der Waals surface area (Å²) in [6, 6.07) is 12.8. The van der Waals surface area contributed by atoms with E-state index in [0.29, 0.717) is 0 Å². The van der Waals surface area contributed by atoms with Crippen LogP contribution in [0.25, 0.3) is 10.9 Å². The van der Waals surface area contributed by atoms with Crippen LogP contribution in [0.4, 0.5) is 0 Å². The Bertz CT molecular complexity index is 989. The quantitative estimate of drug-likeness (QED) is 0.736. The standard InChI is InChI=1S/C19H22N2O3S/c1-4-14-5-8-17(9-6-14)25(22,23)20-12-15-13-21(2)19-10-7-16(24-3)11-18(15)19/h5-11,13,20H,4,12H2,1-3H3. The first-order valence-corrected chi connectivity index (χ1v) is 9.63. The van der Waals surface area contributed by atoms with Crippen molar-refractivity contribution in [2.75, 3.05) is 7.11 Å². The molecule has 0 fully saturated rings. The van der Waals surface area contributed by atoms with Gasteiger partial charge in [0.1, 0.15) is 5.75 Å². The normalized spacial score (nSPS) is 11.8. The molecule has 0 aliphatic rings. The highest BCUT2D eigenvalue weighted by Crippen LogP contribution is 2.25. The monoisotopic (exact) mass is 358 g/mol. The molecule has 0 aliphatic heterocycles. The second kappa shape index (κ2) is 6.90. The molecule has 3 rings (SSSR count). The van der Waals surface area contributed by atoms with Gasteiger partial charge in [-0.1, -0.05) is 19.1 Å². The summed E-state index contributed by atoms with van der Waals surface area (Å²) >= 11 is 0. The number of hydrogen-bond donors (Lipinski definition) is 1. The minimum Gasteiger partial charge on any atom is -0.497 e. The molecule has 0 radical (unpaired) electrons. The SMILES string of the molecule is CCc1ccc(S(=O)(=O)NCc2cn(C)c3ccc(OC)cc23)cc1. The fourth-order valence-corrected chi connectivity index (χ4v) is 3.89. The molecule has 2 aromatic carbocycles. The zero-order valence-electron chi connectivity index (χ0n) is 14.6. The van der Waals surface area contributed by atoms with Gasteiger partial charge < -0.3 is 9.30 Å². The zero-order chi connectivity index (χ0) is 18.0. The van der Waals surface area contributed by atoms with Crippen molar-refractivity contribution in [3.05, 3.63) is 59.8 Å². The summed E-state index contributed by atoms with van der Waals surface area (Å²) in [6.45, 7) is 2.26. The molecular weight excluding hydrogens is 336 g/mol. The first-order valence-electron chi connectivity index (χ1n) is 8.15. The third kappa shape index (κ3) is 3.55. The van der Waals surface area contributed by atoms with E-state index in [1.165, 1.54) is 0 Å². The van der Waals surface area contributed by atoms with E-state index in [-0.39, 0.29) is 11.4 Å². The lowest BCUT2D eigenvalue weighted by Gasteiger charge is -2.07. The number of hydrogen-bond acceptors (Lipinski definition) is 3. The molecule has 25 heavy (non-hydrogen) atoms. The number of benzene rings is 2. The molecule has 0 saturated carbocycles. The van der Waals surface area contributed by atoms with Gasteiger partial charge >= 0.3 is 0 Å². The lowest BCUT2D eigenvalue weighted by atomic mass is 10.1. The average molecular weight is 358 g/mol. The van der Waals surface area contributed by atoms with Crippen LogP contribution in [0.2, 0.25) is 0 Å². The van der Waals surface area contributed by atoms with Crippen molar-refractivity contribution in [1.82, 2.24) is 9.29 Å². The summed E-state index contributed by atoms with van der Waals surface area (Å²) in [4.78, 5) is 0.280. The van der Waals surface area contributed by atoms with Crippen LogP contribution >= 0.6 is 0 Å². The van der Waals surface area contributed by atoms with Gasteiger partial charge in [-0.25, -0.2) is 13.1 Å². The van der Waals surface area contributed by atoms with Crippen LogP contribution in [-0.2, 0) is 30.0 Å². The summed E-state index contributed by atoms with van der Waals surface area (Å²) in [5.74, 6) is 0.748. The van der Waals surface area contributed by atoms with E-state index in [9.17, 15) is 8.42 Å². The van der Waals surface area contributed by atoms with E-state index in [0.717, 1.165) is 34.2 Å². The maximum atomic E-state index is 12.5. The van der Waals surface area contributed by atoms with Gasteiger partial charge in [-0.05, 0) is 47.9 Å². The Kier molecular flexibility index (Phi) is 4.83. The number of methoxy groups -OCH3 is 1. The molecule has 1 heterocycles. The second-order valence-electron chi connectivity index (χ2n) is 5.97. The molecule has 0 bridgehead atoms. The van der Waals surface area contributed by atoms with E-state index in [1.54, 1.807) is 19.2 Å². The van der Waals surface area contributed by atoms with Gasteiger partial charge in [-0.15, -0.1) is 0 Å². The van der Waals surface area contributed by atoms with Gasteiger partial charge in [0, 0.05) is 30.7 Å². The fourth-order valence-electron chi connectivity index (χ4n) is 2.88. The summed E-state index contributed by atoms with van der Waals surface area (Å²) in [6.07, 6.45) is 2.82. The Labute approximate surface area is 148 Å². The maximum absolute atomic E-state index is 12.5. The van der Waals surface area contributed by atoms with Crippen molar-refractivity contribution in [2.24, 2.45) is 7.05 Å². The van der Waals surface area contributed by atoms with Gasteiger partial charge in [0.15, 0.2) is 0 Å². The van der Waals surface area contributed by atoms with Crippen LogP contribution in [0.15, 0.2) is 53.6 Å². The predicted octanol–water partition coefficient (Wildman–Crippen LogP) is 3.23. The van der Waals surface area contributed by atoms with Crippen molar-refractivity contribution in [3.63, 3.8) is 0 Å². The highest BCUT2D eigenvalue weighted by Gasteiger charge is 2.15. The van der Waals surface area contributed by atoms with Crippen LogP contribution in [0.5, 0.6) is 5.75 Å². The first kappa shape index (κ1) is 17.5. The van der Waals surface area contributed by atoms with Crippen LogP contribution in [0.3, 0.4) is 0 Å². The molecule has 1 N–H and O–H groups in total. The third-order valence-electron chi connectivity index (χ3n) is 4.37. The molecule has 0 aliphatic carbocycles. The number of rotatable bonds is 6. The number of nitrogens with zero attached hydrogens (tertiary/aromatic N) is 1. The number of ether oxygens (including phenoxy) is 1. The van der Waals surface area contributed by atoms with Crippen molar-refractivity contribution < 1.29 is 13.2 Å². The van der Waals surface area contributed by atoms with Crippen LogP contribution < -0.4 is 9.46 Å². The van der Waals surface area contributed by atoms with E-state index < -0.39 is 10.0 Å². The molecule has 0 saturated heterocycles. The Morgan fingerprint density at radius 1 is 1.12 bits per heavy atom. The highest BCUT2D eigenvalue weighted by atomic mass is 32.2. The maximum Gasteiger partial charge on any atom is 0.240 e. The molecule has 0 spiro atoms.